The molecule has 89 heavy (non-hydrogen) atoms. The molecule has 10 fully saturated rings. The van der Waals surface area contributed by atoms with E-state index in [2.05, 4.69) is 13.5 Å². The Morgan fingerprint density at radius 2 is 0.978 bits per heavy atom. The van der Waals surface area contributed by atoms with Crippen molar-refractivity contribution in [3.05, 3.63) is 12.2 Å². The van der Waals surface area contributed by atoms with Crippen LogP contribution in [0, 0.1) is 34.0 Å². The minimum atomic E-state index is -2.07. The average Bonchev–Trinajstić information content (AvgIpc) is 1.62. The third-order valence-electron chi connectivity index (χ3n) is 21.8. The first-order chi connectivity index (χ1) is 42.1. The molecular weight excluding hydrogens is 1200 g/mol. The van der Waals surface area contributed by atoms with Gasteiger partial charge in [0.2, 0.25) is 6.29 Å². The van der Waals surface area contributed by atoms with E-state index in [0.717, 1.165) is 0 Å². The van der Waals surface area contributed by atoms with E-state index in [1.165, 1.54) is 0 Å². The second kappa shape index (κ2) is 27.3. The normalized spacial score (nSPS) is 54.5. The third kappa shape index (κ3) is 12.4. The predicted molar refractivity (Wildman–Crippen MR) is 288 cm³/mol. The van der Waals surface area contributed by atoms with E-state index < -0.39 is 251 Å². The van der Waals surface area contributed by atoms with E-state index in [0.29, 0.717) is 50.5 Å². The van der Waals surface area contributed by atoms with Gasteiger partial charge >= 0.3 is 5.97 Å². The largest absolute Gasteiger partial charge is 0.432 e. The Morgan fingerprint density at radius 3 is 1.54 bits per heavy atom. The number of aliphatic hydroxyl groups is 20. The molecule has 32 heteroatoms. The van der Waals surface area contributed by atoms with Crippen molar-refractivity contribution in [2.75, 3.05) is 39.6 Å². The summed E-state index contributed by atoms with van der Waals surface area (Å²) in [4.78, 5) is 15.0. The second-order valence-corrected chi connectivity index (χ2v) is 27.0. The highest BCUT2D eigenvalue weighted by Gasteiger charge is 2.70. The van der Waals surface area contributed by atoms with Gasteiger partial charge in [0.1, 0.15) is 128 Å². The fourth-order valence-corrected chi connectivity index (χ4v) is 16.8. The van der Waals surface area contributed by atoms with Crippen LogP contribution in [0.25, 0.3) is 0 Å². The Balaban J connectivity index is 0.938. The lowest BCUT2D eigenvalue weighted by atomic mass is 9.41. The van der Waals surface area contributed by atoms with Crippen molar-refractivity contribution in [1.29, 1.82) is 0 Å². The Bertz CT molecular complexity index is 2390. The zero-order valence-electron chi connectivity index (χ0n) is 49.3. The molecule has 5 heterocycles. The topological polar surface area (TPSA) is 523 Å². The molecule has 36 atom stereocenters. The molecule has 0 aromatic rings. The van der Waals surface area contributed by atoms with Gasteiger partial charge in [-0.1, -0.05) is 19.9 Å². The summed E-state index contributed by atoms with van der Waals surface area (Å²) in [5.41, 5.74) is -3.15. The summed E-state index contributed by atoms with van der Waals surface area (Å²) < 4.78 is 67.4. The van der Waals surface area contributed by atoms with Crippen molar-refractivity contribution in [2.24, 2.45) is 34.0 Å². The van der Waals surface area contributed by atoms with Crippen LogP contribution in [0.5, 0.6) is 0 Å². The Morgan fingerprint density at radius 1 is 0.483 bits per heavy atom. The van der Waals surface area contributed by atoms with E-state index in [1.54, 1.807) is 6.92 Å². The Labute approximate surface area is 511 Å². The number of fused-ring (bicyclic) bond motifs is 3. The first-order valence-electron chi connectivity index (χ1n) is 30.8. The number of rotatable bonds is 18. The Kier molecular flexibility index (Phi) is 21.4. The van der Waals surface area contributed by atoms with Crippen molar-refractivity contribution in [1.82, 2.24) is 0 Å². The van der Waals surface area contributed by atoms with Gasteiger partial charge in [-0.05, 0) is 93.0 Å². The highest BCUT2D eigenvalue weighted by molar-refractivity contribution is 5.77. The Hall–Kier alpha value is -1.99. The van der Waals surface area contributed by atoms with E-state index >= 15 is 4.79 Å². The summed E-state index contributed by atoms with van der Waals surface area (Å²) in [5.74, 6) is -2.36. The summed E-state index contributed by atoms with van der Waals surface area (Å²) in [6, 6.07) is 0. The van der Waals surface area contributed by atoms with Crippen LogP contribution in [0.1, 0.15) is 78.1 Å². The van der Waals surface area contributed by atoms with E-state index in [-0.39, 0.29) is 31.1 Å². The standard InChI is InChI=1S/C57H92O32/c1-20-12-56-9-5-28-54(2,7-4-8-55(28,3)53(78)88-51-46(41(74)35(68)26(17-62)84-51)87-50-44(77)40(73)34(67)25(16-61)83-50)29(56)6-10-57(20,19-56)89-52-47(80-22-11-21(13-58)30(63)37(70)31(22)64)45(86-49-43(76)39(72)33(66)24(15-60)82-49)36(69)27(85-52)18-79-48-42(75)38(71)32(65)23(14-59)81-48/h21-52,58-77H,1,4-19H2,2-3H3/t21?,22?,23?,24?,25?,26?,27?,28?,29-,30?,31?,32?,33?,34?,35?,36?,37?,38?,39?,40?,41?,42?,43?,44?,45?,46?,47?,48?,49?,50?,51?,52?,54+,55+,56+,57?/m0/s1. The lowest BCUT2D eigenvalue weighted by molar-refractivity contribution is -0.385. The van der Waals surface area contributed by atoms with Crippen molar-refractivity contribution >= 4 is 5.97 Å². The van der Waals surface area contributed by atoms with Gasteiger partial charge in [-0.2, -0.15) is 0 Å². The summed E-state index contributed by atoms with van der Waals surface area (Å²) in [7, 11) is 0. The van der Waals surface area contributed by atoms with Crippen molar-refractivity contribution < 1.29 is 159 Å². The maximum Gasteiger partial charge on any atom is 0.314 e. The molecular formula is C57H92O32. The molecule has 0 aromatic carbocycles. The van der Waals surface area contributed by atoms with Crippen LogP contribution < -0.4 is 0 Å². The second-order valence-electron chi connectivity index (χ2n) is 27.0. The van der Waals surface area contributed by atoms with Gasteiger partial charge in [0.05, 0.1) is 56.3 Å². The fourth-order valence-electron chi connectivity index (χ4n) is 16.8. The van der Waals surface area contributed by atoms with Crippen LogP contribution in [-0.2, 0) is 56.9 Å². The minimum Gasteiger partial charge on any atom is -0.432 e. The smallest absolute Gasteiger partial charge is 0.314 e. The molecule has 20 N–H and O–H groups in total. The van der Waals surface area contributed by atoms with Crippen LogP contribution in [0.2, 0.25) is 0 Å². The average molecular weight is 1290 g/mol. The number of hydrogen-bond donors (Lipinski definition) is 20. The van der Waals surface area contributed by atoms with Crippen molar-refractivity contribution in [2.45, 2.75) is 262 Å². The summed E-state index contributed by atoms with van der Waals surface area (Å²) in [5, 5.41) is 215. The molecule has 5 saturated carbocycles. The number of aliphatic hydroxyl groups excluding tert-OH is 20. The van der Waals surface area contributed by atoms with Gasteiger partial charge in [0.15, 0.2) is 31.3 Å². The first-order valence-corrected chi connectivity index (χ1v) is 30.8. The molecule has 10 aliphatic rings. The van der Waals surface area contributed by atoms with Crippen LogP contribution >= 0.6 is 0 Å². The predicted octanol–water partition coefficient (Wildman–Crippen LogP) is -8.80. The van der Waals surface area contributed by atoms with Gasteiger partial charge in [0.25, 0.3) is 0 Å². The number of hydrogen-bond acceptors (Lipinski definition) is 32. The third-order valence-corrected chi connectivity index (χ3v) is 21.8. The van der Waals surface area contributed by atoms with Crippen LogP contribution in [0.15, 0.2) is 12.2 Å². The number of ether oxygens (including phenoxy) is 11. The van der Waals surface area contributed by atoms with Crippen molar-refractivity contribution in [3.8, 4) is 0 Å². The molecule has 0 aromatic heterocycles. The van der Waals surface area contributed by atoms with E-state index in [9.17, 15) is 102 Å². The molecule has 5 aliphatic heterocycles. The van der Waals surface area contributed by atoms with Crippen LogP contribution in [0.3, 0.4) is 0 Å². The zero-order valence-corrected chi connectivity index (χ0v) is 49.3. The van der Waals surface area contributed by atoms with E-state index in [1.807, 2.05) is 0 Å². The maximum atomic E-state index is 15.0. The zero-order chi connectivity index (χ0) is 64.7. The fraction of sp³-hybridized carbons (Fsp3) is 0.947. The SMILES string of the molecule is C=C1C[C@@]23CCC4[C@](C)(C(=O)OC5OC(CO)C(O)C(O)C5OC5OC(CO)C(O)C(O)C5O)CCC[C@@]4(C)[C@@H]2CCC1(OC1OC(COC2OC(CO)C(O)C(O)C2O)C(O)C(OC2OC(CO)C(O)C(O)C2O)C1OC1CC(CO)C(O)C(O)C1O)C3. The molecule has 512 valence electrons. The van der Waals surface area contributed by atoms with Gasteiger partial charge in [-0.15, -0.1) is 0 Å². The van der Waals surface area contributed by atoms with Gasteiger partial charge in [0, 0.05) is 12.5 Å². The molecule has 2 bridgehead atoms. The summed E-state index contributed by atoms with van der Waals surface area (Å²) in [6.07, 6.45) is -48.4. The van der Waals surface area contributed by atoms with Crippen molar-refractivity contribution in [3.63, 3.8) is 0 Å². The quantitative estimate of drug-likeness (QED) is 0.0344. The lowest BCUT2D eigenvalue weighted by Gasteiger charge is -2.64. The molecule has 0 amide bonds. The number of esters is 1. The summed E-state index contributed by atoms with van der Waals surface area (Å²) >= 11 is 0. The van der Waals surface area contributed by atoms with E-state index in [4.69, 9.17) is 52.1 Å². The highest BCUT2D eigenvalue weighted by Crippen LogP contribution is 2.74. The number of carbonyl (C=O) groups is 1. The maximum absolute atomic E-state index is 15.0. The van der Waals surface area contributed by atoms with Crippen LogP contribution in [0.4, 0.5) is 0 Å². The highest BCUT2D eigenvalue weighted by atomic mass is 16.8. The first kappa shape index (κ1) is 69.8. The molecule has 1 spiro atoms. The van der Waals surface area contributed by atoms with Gasteiger partial charge in [-0.25, -0.2) is 0 Å². The minimum absolute atomic E-state index is 0.134. The van der Waals surface area contributed by atoms with Gasteiger partial charge < -0.3 is 154 Å². The lowest BCUT2D eigenvalue weighted by Crippen LogP contribution is -2.68. The molecule has 32 nitrogen and oxygen atoms in total. The summed E-state index contributed by atoms with van der Waals surface area (Å²) in [6.45, 7) is 3.67. The van der Waals surface area contributed by atoms with Crippen LogP contribution in [-0.4, -0.2) is 331 Å². The molecule has 32 unspecified atom stereocenters. The molecule has 0 radical (unpaired) electrons. The monoisotopic (exact) mass is 1290 g/mol. The molecule has 5 aliphatic carbocycles. The number of carbonyl (C=O) groups excluding carboxylic acids is 1. The molecule has 10 rings (SSSR count). The molecule has 5 saturated heterocycles. The van der Waals surface area contributed by atoms with Gasteiger partial charge in [-0.3, -0.25) is 4.79 Å².